The molecule has 0 saturated carbocycles. The lowest BCUT2D eigenvalue weighted by Gasteiger charge is -2.16. The zero-order valence-electron chi connectivity index (χ0n) is 10.8. The Morgan fingerprint density at radius 3 is 2.24 bits per heavy atom. The molecule has 0 bridgehead atoms. The van der Waals surface area contributed by atoms with Gasteiger partial charge in [-0.2, -0.15) is 13.2 Å². The highest BCUT2D eigenvalue weighted by Crippen LogP contribution is 2.34. The van der Waals surface area contributed by atoms with Crippen LogP contribution in [-0.2, 0) is 12.6 Å². The van der Waals surface area contributed by atoms with Crippen molar-refractivity contribution in [2.45, 2.75) is 18.6 Å². The molecule has 0 aliphatic carbocycles. The van der Waals surface area contributed by atoms with Crippen molar-refractivity contribution in [3.63, 3.8) is 0 Å². The van der Waals surface area contributed by atoms with Gasteiger partial charge in [0, 0.05) is 15.2 Å². The van der Waals surface area contributed by atoms with E-state index in [-0.39, 0.29) is 12.0 Å². The minimum atomic E-state index is -4.72. The van der Waals surface area contributed by atoms with Crippen LogP contribution in [0.3, 0.4) is 0 Å². The number of hydrogen-bond acceptors (Lipinski definition) is 1. The van der Waals surface area contributed by atoms with Crippen LogP contribution in [0.2, 0.25) is 0 Å². The first-order valence-corrected chi connectivity index (χ1v) is 7.22. The smallest absolute Gasteiger partial charge is 0.324 e. The molecule has 0 amide bonds. The molecule has 0 aliphatic heterocycles. The van der Waals surface area contributed by atoms with Crippen molar-refractivity contribution in [3.8, 4) is 0 Å². The second kappa shape index (κ2) is 6.31. The van der Waals surface area contributed by atoms with Crippen LogP contribution in [0.25, 0.3) is 0 Å². The van der Waals surface area contributed by atoms with Gasteiger partial charge in [0.25, 0.3) is 0 Å². The lowest BCUT2D eigenvalue weighted by molar-refractivity contribution is -0.140. The quantitative estimate of drug-likeness (QED) is 0.578. The largest absolute Gasteiger partial charge is 0.419 e. The third kappa shape index (κ3) is 3.94. The second-order valence-corrected chi connectivity index (χ2v) is 5.89. The Bertz CT molecular complexity index is 623. The van der Waals surface area contributed by atoms with E-state index < -0.39 is 23.6 Å². The maximum atomic E-state index is 14.0. The predicted octanol–water partition coefficient (Wildman–Crippen LogP) is 4.69. The highest BCUT2D eigenvalue weighted by Gasteiger charge is 2.35. The topological polar surface area (TPSA) is 26.0 Å². The minimum Gasteiger partial charge on any atom is -0.324 e. The van der Waals surface area contributed by atoms with Crippen LogP contribution in [0.4, 0.5) is 17.6 Å². The molecule has 0 radical (unpaired) electrons. The minimum absolute atomic E-state index is 0.122. The summed E-state index contributed by atoms with van der Waals surface area (Å²) in [6, 6.07) is 9.75. The van der Waals surface area contributed by atoms with Crippen LogP contribution in [-0.4, -0.2) is 0 Å². The Hall–Kier alpha value is -1.15. The summed E-state index contributed by atoms with van der Waals surface area (Å²) in [4.78, 5) is 0. The van der Waals surface area contributed by atoms with Gasteiger partial charge in [-0.3, -0.25) is 0 Å². The Kier molecular flexibility index (Phi) is 4.88. The molecular weight excluding hydrogens is 397 g/mol. The lowest BCUT2D eigenvalue weighted by Crippen LogP contribution is -2.18. The number of rotatable bonds is 3. The average Bonchev–Trinajstić information content (AvgIpc) is 2.40. The van der Waals surface area contributed by atoms with Crippen molar-refractivity contribution in [2.24, 2.45) is 5.73 Å². The van der Waals surface area contributed by atoms with Crippen LogP contribution >= 0.6 is 22.6 Å². The van der Waals surface area contributed by atoms with E-state index in [0.717, 1.165) is 15.2 Å². The summed E-state index contributed by atoms with van der Waals surface area (Å²) >= 11 is 2.14. The number of alkyl halides is 3. The van der Waals surface area contributed by atoms with Gasteiger partial charge >= 0.3 is 6.18 Å². The molecule has 2 aromatic rings. The molecule has 1 unspecified atom stereocenters. The lowest BCUT2D eigenvalue weighted by atomic mass is 9.97. The van der Waals surface area contributed by atoms with Crippen LogP contribution in [0.1, 0.15) is 22.7 Å². The van der Waals surface area contributed by atoms with Crippen LogP contribution < -0.4 is 5.73 Å². The Morgan fingerprint density at radius 1 is 1.05 bits per heavy atom. The van der Waals surface area contributed by atoms with Gasteiger partial charge in [0.1, 0.15) is 5.82 Å². The van der Waals surface area contributed by atoms with E-state index in [1.165, 1.54) is 12.1 Å². The molecule has 2 N–H and O–H groups in total. The van der Waals surface area contributed by atoms with Crippen LogP contribution in [0, 0.1) is 9.39 Å². The van der Waals surface area contributed by atoms with Gasteiger partial charge < -0.3 is 5.73 Å². The van der Waals surface area contributed by atoms with Crippen molar-refractivity contribution in [3.05, 3.63) is 68.5 Å². The summed E-state index contributed by atoms with van der Waals surface area (Å²) in [6.07, 6.45) is -4.45. The summed E-state index contributed by atoms with van der Waals surface area (Å²) in [6.45, 7) is 0. The fourth-order valence-corrected chi connectivity index (χ4v) is 2.40. The molecular formula is C15H12F4IN. The number of hydrogen-bond donors (Lipinski definition) is 1. The maximum Gasteiger partial charge on any atom is 0.419 e. The number of halogens is 5. The van der Waals surface area contributed by atoms with Crippen LogP contribution in [0.5, 0.6) is 0 Å². The first-order chi connectivity index (χ1) is 9.79. The molecule has 6 heteroatoms. The zero-order chi connectivity index (χ0) is 15.6. The molecule has 0 aromatic heterocycles. The molecule has 0 fully saturated rings. The van der Waals surface area contributed by atoms with Crippen LogP contribution in [0.15, 0.2) is 42.5 Å². The van der Waals surface area contributed by atoms with E-state index in [0.29, 0.717) is 0 Å². The third-order valence-corrected chi connectivity index (χ3v) is 3.82. The van der Waals surface area contributed by atoms with Crippen molar-refractivity contribution in [1.82, 2.24) is 0 Å². The first kappa shape index (κ1) is 16.2. The second-order valence-electron chi connectivity index (χ2n) is 4.64. The van der Waals surface area contributed by atoms with Crippen molar-refractivity contribution < 1.29 is 17.6 Å². The molecule has 1 atom stereocenters. The Labute approximate surface area is 133 Å². The molecule has 21 heavy (non-hydrogen) atoms. The van der Waals surface area contributed by atoms with Gasteiger partial charge in [0.15, 0.2) is 0 Å². The van der Waals surface area contributed by atoms with Crippen molar-refractivity contribution in [1.29, 1.82) is 0 Å². The van der Waals surface area contributed by atoms with E-state index in [4.69, 9.17) is 5.73 Å². The molecule has 112 valence electrons. The summed E-state index contributed by atoms with van der Waals surface area (Å²) < 4.78 is 53.1. The zero-order valence-corrected chi connectivity index (χ0v) is 13.0. The van der Waals surface area contributed by atoms with Crippen molar-refractivity contribution >= 4 is 22.6 Å². The summed E-state index contributed by atoms with van der Waals surface area (Å²) in [5.74, 6) is -1.29. The van der Waals surface area contributed by atoms with Gasteiger partial charge in [0.05, 0.1) is 5.56 Å². The van der Waals surface area contributed by atoms with Crippen molar-refractivity contribution in [2.75, 3.05) is 0 Å². The molecule has 0 saturated heterocycles. The third-order valence-electron chi connectivity index (χ3n) is 3.10. The first-order valence-electron chi connectivity index (χ1n) is 6.14. The highest BCUT2D eigenvalue weighted by molar-refractivity contribution is 14.1. The predicted molar refractivity (Wildman–Crippen MR) is 81.2 cm³/mol. The fourth-order valence-electron chi connectivity index (χ4n) is 2.04. The van der Waals surface area contributed by atoms with Gasteiger partial charge in [-0.05, 0) is 52.8 Å². The summed E-state index contributed by atoms with van der Waals surface area (Å²) in [7, 11) is 0. The van der Waals surface area contributed by atoms with E-state index in [1.807, 2.05) is 24.3 Å². The number of benzene rings is 2. The average molecular weight is 409 g/mol. The molecule has 2 aromatic carbocycles. The van der Waals surface area contributed by atoms with E-state index in [1.54, 1.807) is 0 Å². The molecule has 0 heterocycles. The standard InChI is InChI=1S/C15H12F4IN/c16-14-11(2-1-3-12(14)15(17,18)19)13(21)8-9-4-6-10(20)7-5-9/h1-7,13H,8,21H2. The maximum absolute atomic E-state index is 14.0. The molecule has 2 rings (SSSR count). The summed E-state index contributed by atoms with van der Waals surface area (Å²) in [5.41, 5.74) is 5.31. The molecule has 1 nitrogen and oxygen atoms in total. The summed E-state index contributed by atoms with van der Waals surface area (Å²) in [5, 5.41) is 0. The van der Waals surface area contributed by atoms with Gasteiger partial charge in [-0.15, -0.1) is 0 Å². The normalized spacial score (nSPS) is 13.2. The Morgan fingerprint density at radius 2 is 1.67 bits per heavy atom. The molecule has 0 aliphatic rings. The van der Waals surface area contributed by atoms with Gasteiger partial charge in [-0.25, -0.2) is 4.39 Å². The van der Waals surface area contributed by atoms with Gasteiger partial charge in [0.2, 0.25) is 0 Å². The fraction of sp³-hybridized carbons (Fsp3) is 0.200. The SMILES string of the molecule is NC(Cc1ccc(I)cc1)c1cccc(C(F)(F)F)c1F. The van der Waals surface area contributed by atoms with E-state index >= 15 is 0 Å². The van der Waals surface area contributed by atoms with E-state index in [9.17, 15) is 17.6 Å². The highest BCUT2D eigenvalue weighted by atomic mass is 127. The van der Waals surface area contributed by atoms with Gasteiger partial charge in [-0.1, -0.05) is 24.3 Å². The van der Waals surface area contributed by atoms with E-state index in [2.05, 4.69) is 22.6 Å². The monoisotopic (exact) mass is 409 g/mol. The number of nitrogens with two attached hydrogens (primary N) is 1. The molecule has 0 spiro atoms. The Balaban J connectivity index is 2.27.